The normalized spacial score (nSPS) is 11.4. The SMILES string of the molecule is COc1ccc(OC)c(/C(C)=N\NC(=O)c2nn(C)c(=O)c3ccccc23)c1. The van der Waals surface area contributed by atoms with E-state index >= 15 is 0 Å². The summed E-state index contributed by atoms with van der Waals surface area (Å²) in [7, 11) is 4.62. The van der Waals surface area contributed by atoms with Crippen LogP contribution in [0.5, 0.6) is 11.5 Å². The molecular formula is C20H20N4O4. The fourth-order valence-electron chi connectivity index (χ4n) is 2.81. The first-order chi connectivity index (χ1) is 13.5. The Bertz CT molecular complexity index is 1130. The first kappa shape index (κ1) is 19.1. The number of carbonyl (C=O) groups is 1. The van der Waals surface area contributed by atoms with Gasteiger partial charge in [-0.1, -0.05) is 18.2 Å². The van der Waals surface area contributed by atoms with Gasteiger partial charge in [-0.05, 0) is 31.2 Å². The van der Waals surface area contributed by atoms with Gasteiger partial charge in [0.1, 0.15) is 11.5 Å². The Morgan fingerprint density at radius 2 is 1.82 bits per heavy atom. The monoisotopic (exact) mass is 380 g/mol. The van der Waals surface area contributed by atoms with Crippen molar-refractivity contribution in [3.63, 3.8) is 0 Å². The summed E-state index contributed by atoms with van der Waals surface area (Å²) in [6.45, 7) is 1.74. The van der Waals surface area contributed by atoms with Crippen molar-refractivity contribution in [3.8, 4) is 11.5 Å². The number of hydrazone groups is 1. The van der Waals surface area contributed by atoms with Crippen LogP contribution in [0.15, 0.2) is 52.4 Å². The number of amides is 1. The van der Waals surface area contributed by atoms with E-state index in [4.69, 9.17) is 9.47 Å². The van der Waals surface area contributed by atoms with Gasteiger partial charge in [-0.15, -0.1) is 0 Å². The minimum Gasteiger partial charge on any atom is -0.497 e. The van der Waals surface area contributed by atoms with E-state index < -0.39 is 5.91 Å². The van der Waals surface area contributed by atoms with Crippen molar-refractivity contribution < 1.29 is 14.3 Å². The second-order valence-corrected chi connectivity index (χ2v) is 6.03. The number of aromatic nitrogens is 2. The maximum Gasteiger partial charge on any atom is 0.292 e. The summed E-state index contributed by atoms with van der Waals surface area (Å²) in [5.41, 5.74) is 3.55. The van der Waals surface area contributed by atoms with Gasteiger partial charge >= 0.3 is 0 Å². The zero-order chi connectivity index (χ0) is 20.3. The Labute approximate surface area is 161 Å². The maximum atomic E-state index is 12.7. The van der Waals surface area contributed by atoms with Gasteiger partial charge in [0.05, 0.1) is 25.3 Å². The molecule has 1 aromatic heterocycles. The molecule has 1 heterocycles. The summed E-state index contributed by atoms with van der Waals surface area (Å²) in [4.78, 5) is 24.9. The highest BCUT2D eigenvalue weighted by atomic mass is 16.5. The van der Waals surface area contributed by atoms with Crippen molar-refractivity contribution in [2.24, 2.45) is 12.1 Å². The molecule has 28 heavy (non-hydrogen) atoms. The molecule has 0 unspecified atom stereocenters. The number of nitrogens with zero attached hydrogens (tertiary/aromatic N) is 3. The van der Waals surface area contributed by atoms with Gasteiger partial charge in [0, 0.05) is 18.0 Å². The lowest BCUT2D eigenvalue weighted by molar-refractivity contribution is 0.0949. The van der Waals surface area contributed by atoms with Gasteiger partial charge in [0.25, 0.3) is 11.5 Å². The van der Waals surface area contributed by atoms with Gasteiger partial charge in [-0.3, -0.25) is 9.59 Å². The number of nitrogens with one attached hydrogen (secondary N) is 1. The number of ether oxygens (including phenoxy) is 2. The lowest BCUT2D eigenvalue weighted by Crippen LogP contribution is -2.27. The predicted octanol–water partition coefficient (Wildman–Crippen LogP) is 2.10. The Kier molecular flexibility index (Phi) is 5.39. The molecule has 2 aromatic carbocycles. The highest BCUT2D eigenvalue weighted by Crippen LogP contribution is 2.24. The van der Waals surface area contributed by atoms with E-state index in [0.29, 0.717) is 33.5 Å². The Morgan fingerprint density at radius 1 is 1.11 bits per heavy atom. The molecule has 0 radical (unpaired) electrons. The molecule has 8 heteroatoms. The summed E-state index contributed by atoms with van der Waals surface area (Å²) in [5.74, 6) is 0.720. The smallest absolute Gasteiger partial charge is 0.292 e. The lowest BCUT2D eigenvalue weighted by Gasteiger charge is -2.11. The van der Waals surface area contributed by atoms with Crippen LogP contribution in [0.4, 0.5) is 0 Å². The van der Waals surface area contributed by atoms with Crippen LogP contribution in [-0.2, 0) is 7.05 Å². The average Bonchev–Trinajstić information content (AvgIpc) is 2.73. The number of carbonyl (C=O) groups excluding carboxylic acids is 1. The van der Waals surface area contributed by atoms with E-state index in [0.717, 1.165) is 4.68 Å². The minimum atomic E-state index is -0.520. The highest BCUT2D eigenvalue weighted by Gasteiger charge is 2.16. The molecule has 3 aromatic rings. The van der Waals surface area contributed by atoms with Crippen LogP contribution >= 0.6 is 0 Å². The van der Waals surface area contributed by atoms with Gasteiger partial charge in [0.15, 0.2) is 5.69 Å². The standard InChI is InChI=1S/C20H20N4O4/c1-12(16-11-13(27-3)9-10-17(16)28-4)21-22-19(25)18-14-7-5-6-8-15(14)20(26)24(2)23-18/h5-11H,1-4H3,(H,22,25)/b21-12-. The fourth-order valence-corrected chi connectivity index (χ4v) is 2.81. The maximum absolute atomic E-state index is 12.7. The molecule has 1 N–H and O–H groups in total. The second-order valence-electron chi connectivity index (χ2n) is 6.03. The van der Waals surface area contributed by atoms with Crippen LogP contribution in [0.2, 0.25) is 0 Å². The molecule has 0 saturated carbocycles. The number of methoxy groups -OCH3 is 2. The largest absolute Gasteiger partial charge is 0.497 e. The molecule has 8 nitrogen and oxygen atoms in total. The van der Waals surface area contributed by atoms with E-state index in [2.05, 4.69) is 15.6 Å². The van der Waals surface area contributed by atoms with Crippen molar-refractivity contribution in [1.29, 1.82) is 0 Å². The summed E-state index contributed by atoms with van der Waals surface area (Å²) in [6.07, 6.45) is 0. The predicted molar refractivity (Wildman–Crippen MR) is 106 cm³/mol. The fraction of sp³-hybridized carbons (Fsp3) is 0.200. The summed E-state index contributed by atoms with van der Waals surface area (Å²) in [5, 5.41) is 9.14. The molecule has 0 aliphatic carbocycles. The van der Waals surface area contributed by atoms with E-state index in [1.165, 1.54) is 7.05 Å². The molecule has 0 saturated heterocycles. The molecule has 3 rings (SSSR count). The van der Waals surface area contributed by atoms with Gasteiger partial charge in [-0.25, -0.2) is 10.1 Å². The van der Waals surface area contributed by atoms with Crippen molar-refractivity contribution in [2.45, 2.75) is 6.92 Å². The number of aryl methyl sites for hydroxylation is 1. The average molecular weight is 380 g/mol. The first-order valence-electron chi connectivity index (χ1n) is 8.49. The van der Waals surface area contributed by atoms with E-state index in [1.54, 1.807) is 63.6 Å². The Hall–Kier alpha value is -3.68. The Balaban J connectivity index is 1.96. The number of fused-ring (bicyclic) bond motifs is 1. The summed E-state index contributed by atoms with van der Waals surface area (Å²) in [6, 6.07) is 12.1. The van der Waals surface area contributed by atoms with Crippen molar-refractivity contribution >= 4 is 22.4 Å². The summed E-state index contributed by atoms with van der Waals surface area (Å²) < 4.78 is 11.7. The third kappa shape index (κ3) is 3.57. The van der Waals surface area contributed by atoms with Crippen LogP contribution in [0.1, 0.15) is 23.0 Å². The van der Waals surface area contributed by atoms with Crippen molar-refractivity contribution in [2.75, 3.05) is 14.2 Å². The quantitative estimate of drug-likeness (QED) is 0.540. The zero-order valence-electron chi connectivity index (χ0n) is 16.0. The number of hydrogen-bond donors (Lipinski definition) is 1. The van der Waals surface area contributed by atoms with Crippen LogP contribution in [0.3, 0.4) is 0 Å². The van der Waals surface area contributed by atoms with Crippen LogP contribution < -0.4 is 20.5 Å². The highest BCUT2D eigenvalue weighted by molar-refractivity contribution is 6.06. The summed E-state index contributed by atoms with van der Waals surface area (Å²) >= 11 is 0. The van der Waals surface area contributed by atoms with Crippen LogP contribution in [-0.4, -0.2) is 35.6 Å². The van der Waals surface area contributed by atoms with E-state index in [-0.39, 0.29) is 11.3 Å². The molecule has 1 amide bonds. The molecule has 0 aliphatic rings. The third-order valence-electron chi connectivity index (χ3n) is 4.29. The zero-order valence-corrected chi connectivity index (χ0v) is 16.0. The third-order valence-corrected chi connectivity index (χ3v) is 4.29. The van der Waals surface area contributed by atoms with Crippen molar-refractivity contribution in [1.82, 2.24) is 15.2 Å². The number of benzene rings is 2. The lowest BCUT2D eigenvalue weighted by atomic mass is 10.1. The van der Waals surface area contributed by atoms with Gasteiger partial charge in [-0.2, -0.15) is 10.2 Å². The second kappa shape index (κ2) is 7.91. The Morgan fingerprint density at radius 3 is 2.50 bits per heavy atom. The molecule has 0 fully saturated rings. The van der Waals surface area contributed by atoms with Crippen LogP contribution in [0, 0.1) is 0 Å². The van der Waals surface area contributed by atoms with Gasteiger partial charge in [0.2, 0.25) is 0 Å². The molecule has 0 bridgehead atoms. The number of hydrogen-bond acceptors (Lipinski definition) is 6. The van der Waals surface area contributed by atoms with E-state index in [1.807, 2.05) is 0 Å². The van der Waals surface area contributed by atoms with Crippen molar-refractivity contribution in [3.05, 3.63) is 64.1 Å². The van der Waals surface area contributed by atoms with Crippen LogP contribution in [0.25, 0.3) is 10.8 Å². The molecule has 144 valence electrons. The molecule has 0 aliphatic heterocycles. The number of rotatable bonds is 5. The first-order valence-corrected chi connectivity index (χ1v) is 8.49. The topological polar surface area (TPSA) is 94.8 Å². The molecular weight excluding hydrogens is 360 g/mol. The molecule has 0 spiro atoms. The van der Waals surface area contributed by atoms with E-state index in [9.17, 15) is 9.59 Å². The minimum absolute atomic E-state index is 0.117. The van der Waals surface area contributed by atoms with Gasteiger partial charge < -0.3 is 9.47 Å². The molecule has 0 atom stereocenters.